The van der Waals surface area contributed by atoms with Crippen LogP contribution in [0.3, 0.4) is 0 Å². The molecular formula is C11H3BrCl2F4N2O. The molecule has 0 unspecified atom stereocenters. The molecule has 112 valence electrons. The van der Waals surface area contributed by atoms with Gasteiger partial charge in [0.25, 0.3) is 0 Å². The average molecular weight is 406 g/mol. The maximum absolute atomic E-state index is 13.3. The minimum absolute atomic E-state index is 0.111. The zero-order valence-electron chi connectivity index (χ0n) is 9.68. The molecule has 2 aromatic rings. The van der Waals surface area contributed by atoms with Crippen LogP contribution >= 0.6 is 39.1 Å². The van der Waals surface area contributed by atoms with Gasteiger partial charge in [0, 0.05) is 12.1 Å². The zero-order valence-corrected chi connectivity index (χ0v) is 12.8. The number of nitrogens with zero attached hydrogens (tertiary/aromatic N) is 2. The number of hydrogen-bond donors (Lipinski definition) is 0. The van der Waals surface area contributed by atoms with Gasteiger partial charge >= 0.3 is 6.18 Å². The second-order valence-corrected chi connectivity index (χ2v) is 5.26. The molecule has 2 rings (SSSR count). The van der Waals surface area contributed by atoms with Gasteiger partial charge in [0.2, 0.25) is 11.2 Å². The van der Waals surface area contributed by atoms with E-state index >= 15 is 0 Å². The number of benzene rings is 1. The van der Waals surface area contributed by atoms with Crippen LogP contribution in [0.15, 0.2) is 22.7 Å². The summed E-state index contributed by atoms with van der Waals surface area (Å²) in [5.41, 5.74) is -1.27. The van der Waals surface area contributed by atoms with Crippen LogP contribution in [0.4, 0.5) is 17.6 Å². The Bertz CT molecular complexity index is 697. The highest BCUT2D eigenvalue weighted by atomic mass is 79.9. The number of hydrogen-bond acceptors (Lipinski definition) is 3. The summed E-state index contributed by atoms with van der Waals surface area (Å²) in [6.45, 7) is 0. The van der Waals surface area contributed by atoms with Crippen molar-refractivity contribution in [3.63, 3.8) is 0 Å². The number of ether oxygens (including phenoxy) is 1. The van der Waals surface area contributed by atoms with Gasteiger partial charge in [0.15, 0.2) is 5.69 Å². The summed E-state index contributed by atoms with van der Waals surface area (Å²) >= 11 is 14.0. The fourth-order valence-electron chi connectivity index (χ4n) is 1.29. The molecule has 0 N–H and O–H groups in total. The van der Waals surface area contributed by atoms with E-state index in [-0.39, 0.29) is 15.2 Å². The van der Waals surface area contributed by atoms with Crippen LogP contribution in [-0.4, -0.2) is 9.97 Å². The Morgan fingerprint density at radius 1 is 1.10 bits per heavy atom. The molecule has 21 heavy (non-hydrogen) atoms. The van der Waals surface area contributed by atoms with Crippen molar-refractivity contribution in [3.8, 4) is 11.6 Å². The average Bonchev–Trinajstić information content (AvgIpc) is 2.34. The quantitative estimate of drug-likeness (QED) is 0.376. The SMILES string of the molecule is Fc1cc(Oc2cc(C(F)(F)F)nc(Cl)n2)c(Br)cc1Cl. The predicted molar refractivity (Wildman–Crippen MR) is 71.2 cm³/mol. The molecular weight excluding hydrogens is 403 g/mol. The van der Waals surface area contributed by atoms with Crippen LogP contribution in [0.2, 0.25) is 10.3 Å². The molecule has 0 aliphatic heterocycles. The summed E-state index contributed by atoms with van der Waals surface area (Å²) in [5, 5.41) is -0.823. The van der Waals surface area contributed by atoms with E-state index in [1.807, 2.05) is 0 Å². The van der Waals surface area contributed by atoms with Gasteiger partial charge in [-0.05, 0) is 33.6 Å². The molecule has 0 aliphatic carbocycles. The van der Waals surface area contributed by atoms with Gasteiger partial charge in [-0.2, -0.15) is 18.2 Å². The van der Waals surface area contributed by atoms with Crippen molar-refractivity contribution in [2.24, 2.45) is 0 Å². The summed E-state index contributed by atoms with van der Waals surface area (Å²) in [7, 11) is 0. The van der Waals surface area contributed by atoms with E-state index in [4.69, 9.17) is 27.9 Å². The standard InChI is InChI=1S/C11H3BrCl2F4N2O/c12-4-1-5(13)6(15)2-7(4)21-9-3-8(11(16,17)18)19-10(14)20-9/h1-3H. The molecule has 0 saturated heterocycles. The fraction of sp³-hybridized carbons (Fsp3) is 0.0909. The third-order valence-electron chi connectivity index (χ3n) is 2.16. The van der Waals surface area contributed by atoms with Gasteiger partial charge in [-0.15, -0.1) is 0 Å². The lowest BCUT2D eigenvalue weighted by Crippen LogP contribution is -2.09. The number of rotatable bonds is 2. The van der Waals surface area contributed by atoms with Gasteiger partial charge < -0.3 is 4.74 Å². The number of halogens is 7. The van der Waals surface area contributed by atoms with E-state index in [2.05, 4.69) is 25.9 Å². The number of alkyl halides is 3. The van der Waals surface area contributed by atoms with Crippen molar-refractivity contribution in [1.82, 2.24) is 9.97 Å². The van der Waals surface area contributed by atoms with Crippen molar-refractivity contribution in [1.29, 1.82) is 0 Å². The molecule has 1 aromatic heterocycles. The Morgan fingerprint density at radius 2 is 1.76 bits per heavy atom. The first-order valence-corrected chi connectivity index (χ1v) is 6.66. The summed E-state index contributed by atoms with van der Waals surface area (Å²) < 4.78 is 56.4. The Kier molecular flexibility index (Phi) is 4.60. The van der Waals surface area contributed by atoms with Crippen molar-refractivity contribution >= 4 is 39.1 Å². The Balaban J connectivity index is 2.40. The van der Waals surface area contributed by atoms with Gasteiger partial charge in [-0.1, -0.05) is 11.6 Å². The summed E-state index contributed by atoms with van der Waals surface area (Å²) in [4.78, 5) is 6.53. The normalized spacial score (nSPS) is 11.6. The highest BCUT2D eigenvalue weighted by molar-refractivity contribution is 9.10. The third kappa shape index (κ3) is 3.96. The molecule has 1 aromatic carbocycles. The van der Waals surface area contributed by atoms with Crippen LogP contribution in [0.25, 0.3) is 0 Å². The molecule has 1 heterocycles. The minimum atomic E-state index is -4.72. The van der Waals surface area contributed by atoms with E-state index < -0.39 is 28.9 Å². The number of aromatic nitrogens is 2. The first kappa shape index (κ1) is 16.3. The molecule has 10 heteroatoms. The Labute approximate surface area is 134 Å². The van der Waals surface area contributed by atoms with E-state index in [1.165, 1.54) is 6.07 Å². The van der Waals surface area contributed by atoms with Crippen LogP contribution in [-0.2, 0) is 6.18 Å². The molecule has 0 aliphatic rings. The largest absolute Gasteiger partial charge is 0.438 e. The van der Waals surface area contributed by atoms with E-state index in [1.54, 1.807) is 0 Å². The van der Waals surface area contributed by atoms with Crippen molar-refractivity contribution in [2.75, 3.05) is 0 Å². The van der Waals surface area contributed by atoms with Crippen LogP contribution in [0.1, 0.15) is 5.69 Å². The molecule has 0 bridgehead atoms. The summed E-state index contributed by atoms with van der Waals surface area (Å²) in [6, 6.07) is 2.64. The first-order chi connectivity index (χ1) is 9.66. The molecule has 0 spiro atoms. The molecule has 0 amide bonds. The lowest BCUT2D eigenvalue weighted by molar-refractivity contribution is -0.141. The Hall–Kier alpha value is -1.12. The summed E-state index contributed by atoms with van der Waals surface area (Å²) in [5.74, 6) is -1.39. The lowest BCUT2D eigenvalue weighted by Gasteiger charge is -2.10. The molecule has 3 nitrogen and oxygen atoms in total. The summed E-state index contributed by atoms with van der Waals surface area (Å²) in [6.07, 6.45) is -4.72. The maximum Gasteiger partial charge on any atom is 0.433 e. The molecule has 0 fully saturated rings. The van der Waals surface area contributed by atoms with Crippen molar-refractivity contribution in [3.05, 3.63) is 44.5 Å². The van der Waals surface area contributed by atoms with Gasteiger partial charge in [-0.3, -0.25) is 0 Å². The monoisotopic (exact) mass is 404 g/mol. The topological polar surface area (TPSA) is 35.0 Å². The van der Waals surface area contributed by atoms with Crippen molar-refractivity contribution < 1.29 is 22.3 Å². The van der Waals surface area contributed by atoms with Gasteiger partial charge in [0.05, 0.1) is 9.50 Å². The second-order valence-electron chi connectivity index (χ2n) is 3.66. The maximum atomic E-state index is 13.3. The lowest BCUT2D eigenvalue weighted by atomic mass is 10.3. The smallest absolute Gasteiger partial charge is 0.433 e. The molecule has 0 saturated carbocycles. The Morgan fingerprint density at radius 3 is 2.38 bits per heavy atom. The van der Waals surface area contributed by atoms with Gasteiger partial charge in [-0.25, -0.2) is 9.37 Å². The van der Waals surface area contributed by atoms with E-state index in [0.29, 0.717) is 6.07 Å². The highest BCUT2D eigenvalue weighted by Crippen LogP contribution is 2.35. The molecule has 0 atom stereocenters. The fourth-order valence-corrected chi connectivity index (χ4v) is 2.18. The second kappa shape index (κ2) is 5.94. The third-order valence-corrected chi connectivity index (χ3v) is 3.23. The predicted octanol–water partition coefficient (Wildman–Crippen LogP) is 5.50. The van der Waals surface area contributed by atoms with E-state index in [9.17, 15) is 17.6 Å². The highest BCUT2D eigenvalue weighted by Gasteiger charge is 2.34. The van der Waals surface area contributed by atoms with Crippen LogP contribution < -0.4 is 4.74 Å². The van der Waals surface area contributed by atoms with Crippen LogP contribution in [0.5, 0.6) is 11.6 Å². The van der Waals surface area contributed by atoms with Crippen LogP contribution in [0, 0.1) is 5.82 Å². The van der Waals surface area contributed by atoms with Crippen molar-refractivity contribution in [2.45, 2.75) is 6.18 Å². The molecule has 0 radical (unpaired) electrons. The van der Waals surface area contributed by atoms with E-state index in [0.717, 1.165) is 6.07 Å². The first-order valence-electron chi connectivity index (χ1n) is 5.11. The minimum Gasteiger partial charge on any atom is -0.438 e. The van der Waals surface area contributed by atoms with Gasteiger partial charge in [0.1, 0.15) is 11.6 Å². The zero-order chi connectivity index (χ0) is 15.8.